The fourth-order valence-electron chi connectivity index (χ4n) is 4.40. The SMILES string of the molecule is C[C@@H]1[C@H](C)CCC[C@H]1NC(=O)[C@@H](C)[NH+]1CCN(c2ccccc2)CC1. The summed E-state index contributed by atoms with van der Waals surface area (Å²) >= 11 is 0. The number of hydrogen-bond donors (Lipinski definition) is 2. The highest BCUT2D eigenvalue weighted by molar-refractivity contribution is 5.80. The van der Waals surface area contributed by atoms with Gasteiger partial charge in [0.05, 0.1) is 26.2 Å². The normalized spacial score (nSPS) is 29.2. The second kappa shape index (κ2) is 8.22. The summed E-state index contributed by atoms with van der Waals surface area (Å²) in [5.74, 6) is 1.56. The van der Waals surface area contributed by atoms with E-state index >= 15 is 0 Å². The van der Waals surface area contributed by atoms with Gasteiger partial charge in [-0.1, -0.05) is 44.9 Å². The minimum Gasteiger partial charge on any atom is -0.360 e. The van der Waals surface area contributed by atoms with E-state index in [-0.39, 0.29) is 11.9 Å². The highest BCUT2D eigenvalue weighted by atomic mass is 16.2. The average molecular weight is 345 g/mol. The Morgan fingerprint density at radius 1 is 1.16 bits per heavy atom. The number of anilines is 1. The molecule has 25 heavy (non-hydrogen) atoms. The van der Waals surface area contributed by atoms with E-state index in [0.717, 1.165) is 38.5 Å². The summed E-state index contributed by atoms with van der Waals surface area (Å²) in [6, 6.07) is 11.0. The predicted molar refractivity (Wildman–Crippen MR) is 103 cm³/mol. The van der Waals surface area contributed by atoms with Gasteiger partial charge in [-0.2, -0.15) is 0 Å². The molecule has 1 aromatic carbocycles. The maximum Gasteiger partial charge on any atom is 0.278 e. The van der Waals surface area contributed by atoms with Gasteiger partial charge in [-0.05, 0) is 37.3 Å². The maximum absolute atomic E-state index is 12.8. The van der Waals surface area contributed by atoms with Crippen LogP contribution in [0.25, 0.3) is 0 Å². The van der Waals surface area contributed by atoms with Crippen molar-refractivity contribution < 1.29 is 9.69 Å². The zero-order chi connectivity index (χ0) is 17.8. The number of amides is 1. The zero-order valence-corrected chi connectivity index (χ0v) is 16.0. The molecule has 1 saturated heterocycles. The molecule has 1 saturated carbocycles. The standard InChI is InChI=1S/C21H33N3O/c1-16-8-7-11-20(17(16)2)22-21(25)18(3)23-12-14-24(15-13-23)19-9-5-4-6-10-19/h4-6,9-10,16-18,20H,7-8,11-15H2,1-3H3,(H,22,25)/p+1/t16-,17-,18-,20-/m1/s1. The van der Waals surface area contributed by atoms with Crippen LogP contribution in [0.1, 0.15) is 40.0 Å². The van der Waals surface area contributed by atoms with Crippen molar-refractivity contribution in [2.45, 2.75) is 52.1 Å². The second-order valence-corrected chi connectivity index (χ2v) is 8.08. The Hall–Kier alpha value is -1.55. The zero-order valence-electron chi connectivity index (χ0n) is 16.0. The van der Waals surface area contributed by atoms with Gasteiger partial charge in [0.15, 0.2) is 6.04 Å². The van der Waals surface area contributed by atoms with Gasteiger partial charge < -0.3 is 15.1 Å². The first-order valence-corrected chi connectivity index (χ1v) is 10.0. The molecule has 4 atom stereocenters. The van der Waals surface area contributed by atoms with Gasteiger partial charge in [0.1, 0.15) is 0 Å². The molecule has 4 nitrogen and oxygen atoms in total. The molecule has 0 unspecified atom stereocenters. The van der Waals surface area contributed by atoms with E-state index < -0.39 is 0 Å². The van der Waals surface area contributed by atoms with Crippen LogP contribution in [0, 0.1) is 11.8 Å². The fraction of sp³-hybridized carbons (Fsp3) is 0.667. The average Bonchev–Trinajstić information content (AvgIpc) is 2.65. The monoisotopic (exact) mass is 344 g/mol. The Bertz CT molecular complexity index is 554. The van der Waals surface area contributed by atoms with Crippen molar-refractivity contribution in [1.29, 1.82) is 0 Å². The third-order valence-electron chi connectivity index (χ3n) is 6.57. The van der Waals surface area contributed by atoms with E-state index in [1.165, 1.54) is 23.4 Å². The topological polar surface area (TPSA) is 36.8 Å². The summed E-state index contributed by atoms with van der Waals surface area (Å²) in [4.78, 5) is 16.6. The first-order valence-electron chi connectivity index (χ1n) is 10.0. The molecule has 0 bridgehead atoms. The number of hydrogen-bond acceptors (Lipinski definition) is 2. The van der Waals surface area contributed by atoms with Crippen LogP contribution in [0.4, 0.5) is 5.69 Å². The quantitative estimate of drug-likeness (QED) is 0.873. The molecule has 2 N–H and O–H groups in total. The molecule has 1 aliphatic heterocycles. The number of quaternary nitrogens is 1. The highest BCUT2D eigenvalue weighted by Crippen LogP contribution is 2.29. The molecule has 4 heteroatoms. The molecule has 138 valence electrons. The van der Waals surface area contributed by atoms with E-state index in [1.807, 2.05) is 0 Å². The molecule has 1 aromatic rings. The Morgan fingerprint density at radius 3 is 2.52 bits per heavy atom. The van der Waals surface area contributed by atoms with Crippen LogP contribution in [0.5, 0.6) is 0 Å². The summed E-state index contributed by atoms with van der Waals surface area (Å²) in [5, 5.41) is 3.37. The van der Waals surface area contributed by atoms with Crippen molar-refractivity contribution in [1.82, 2.24) is 5.32 Å². The van der Waals surface area contributed by atoms with Gasteiger partial charge in [0.25, 0.3) is 5.91 Å². The van der Waals surface area contributed by atoms with Crippen molar-refractivity contribution in [3.63, 3.8) is 0 Å². The van der Waals surface area contributed by atoms with Crippen molar-refractivity contribution in [2.75, 3.05) is 31.1 Å². The third-order valence-corrected chi connectivity index (χ3v) is 6.57. The Morgan fingerprint density at radius 2 is 1.84 bits per heavy atom. The summed E-state index contributed by atoms with van der Waals surface area (Å²) in [6.07, 6.45) is 3.68. The molecule has 3 rings (SSSR count). The molecule has 1 amide bonds. The largest absolute Gasteiger partial charge is 0.360 e. The molecule has 0 aromatic heterocycles. The third kappa shape index (κ3) is 4.35. The summed E-state index contributed by atoms with van der Waals surface area (Å²) < 4.78 is 0. The van der Waals surface area contributed by atoms with Crippen LogP contribution in [-0.2, 0) is 4.79 Å². The molecule has 1 heterocycles. The first-order chi connectivity index (χ1) is 12.1. The van der Waals surface area contributed by atoms with Crippen molar-refractivity contribution >= 4 is 11.6 Å². The lowest BCUT2D eigenvalue weighted by Gasteiger charge is -2.38. The van der Waals surface area contributed by atoms with Gasteiger partial charge in [-0.3, -0.25) is 4.79 Å². The summed E-state index contributed by atoms with van der Waals surface area (Å²) in [7, 11) is 0. The van der Waals surface area contributed by atoms with E-state index in [4.69, 9.17) is 0 Å². The number of carbonyl (C=O) groups is 1. The lowest BCUT2D eigenvalue weighted by atomic mass is 9.78. The predicted octanol–water partition coefficient (Wildman–Crippen LogP) is 1.72. The summed E-state index contributed by atoms with van der Waals surface area (Å²) in [5.41, 5.74) is 1.30. The van der Waals surface area contributed by atoms with Crippen molar-refractivity contribution in [3.05, 3.63) is 30.3 Å². The first kappa shape index (κ1) is 18.2. The molecular formula is C21H34N3O+. The minimum atomic E-state index is 0.0438. The van der Waals surface area contributed by atoms with Crippen LogP contribution in [-0.4, -0.2) is 44.2 Å². The number of benzene rings is 1. The molecule has 1 aliphatic carbocycles. The number of rotatable bonds is 4. The van der Waals surface area contributed by atoms with Crippen LogP contribution in [0.3, 0.4) is 0 Å². The molecule has 2 fully saturated rings. The van der Waals surface area contributed by atoms with E-state index in [1.54, 1.807) is 0 Å². The minimum absolute atomic E-state index is 0.0438. The second-order valence-electron chi connectivity index (χ2n) is 8.08. The van der Waals surface area contributed by atoms with Crippen LogP contribution < -0.4 is 15.1 Å². The smallest absolute Gasteiger partial charge is 0.278 e. The number of nitrogens with one attached hydrogen (secondary N) is 2. The van der Waals surface area contributed by atoms with Gasteiger partial charge in [0, 0.05) is 11.7 Å². The van der Waals surface area contributed by atoms with Gasteiger partial charge in [-0.25, -0.2) is 0 Å². The Labute approximate surface area is 152 Å². The molecule has 0 radical (unpaired) electrons. The van der Waals surface area contributed by atoms with E-state index in [0.29, 0.717) is 12.0 Å². The molecular weight excluding hydrogens is 310 g/mol. The van der Waals surface area contributed by atoms with E-state index in [2.05, 4.69) is 61.3 Å². The van der Waals surface area contributed by atoms with Gasteiger partial charge in [-0.15, -0.1) is 0 Å². The van der Waals surface area contributed by atoms with Crippen LogP contribution >= 0.6 is 0 Å². The number of para-hydroxylation sites is 1. The van der Waals surface area contributed by atoms with Gasteiger partial charge >= 0.3 is 0 Å². The Balaban J connectivity index is 1.50. The summed E-state index contributed by atoms with van der Waals surface area (Å²) in [6.45, 7) is 10.8. The number of carbonyl (C=O) groups excluding carboxylic acids is 1. The highest BCUT2D eigenvalue weighted by Gasteiger charge is 2.33. The lowest BCUT2D eigenvalue weighted by molar-refractivity contribution is -0.914. The van der Waals surface area contributed by atoms with Crippen LogP contribution in [0.15, 0.2) is 30.3 Å². The van der Waals surface area contributed by atoms with Gasteiger partial charge in [0.2, 0.25) is 0 Å². The Kier molecular flexibility index (Phi) is 6.00. The van der Waals surface area contributed by atoms with Crippen molar-refractivity contribution in [2.24, 2.45) is 11.8 Å². The van der Waals surface area contributed by atoms with E-state index in [9.17, 15) is 4.79 Å². The number of piperazine rings is 1. The maximum atomic E-state index is 12.8. The van der Waals surface area contributed by atoms with Crippen LogP contribution in [0.2, 0.25) is 0 Å². The fourth-order valence-corrected chi connectivity index (χ4v) is 4.40. The van der Waals surface area contributed by atoms with Crippen molar-refractivity contribution in [3.8, 4) is 0 Å². The lowest BCUT2D eigenvalue weighted by Crippen LogP contribution is -3.19. The number of nitrogens with zero attached hydrogens (tertiary/aromatic N) is 1. The molecule has 0 spiro atoms. The molecule has 2 aliphatic rings.